The first-order valence-electron chi connectivity index (χ1n) is 4.85. The Bertz CT molecular complexity index is 616. The Kier molecular flexibility index (Phi) is 2.66. The van der Waals surface area contributed by atoms with E-state index >= 15 is 0 Å². The SMILES string of the molecule is NCc1cc(=O)c2ccc(C(F)(F)F)cc2[nH]1. The molecular weight excluding hydrogens is 233 g/mol. The number of aromatic amines is 1. The number of alkyl halides is 3. The van der Waals surface area contributed by atoms with Gasteiger partial charge in [-0.3, -0.25) is 4.79 Å². The molecule has 17 heavy (non-hydrogen) atoms. The first-order valence-corrected chi connectivity index (χ1v) is 4.85. The molecule has 1 aromatic heterocycles. The molecular formula is C11H9F3N2O. The summed E-state index contributed by atoms with van der Waals surface area (Å²) in [5.41, 5.74) is 4.76. The standard InChI is InChI=1S/C11H9F3N2O/c12-11(13,14)6-1-2-8-9(3-6)16-7(5-15)4-10(8)17/h1-4H,5,15H2,(H,16,17). The van der Waals surface area contributed by atoms with Crippen LogP contribution in [0.3, 0.4) is 0 Å². The van der Waals surface area contributed by atoms with Crippen LogP contribution in [0.5, 0.6) is 0 Å². The molecule has 90 valence electrons. The molecule has 0 aliphatic heterocycles. The molecule has 0 bridgehead atoms. The van der Waals surface area contributed by atoms with Gasteiger partial charge in [0.15, 0.2) is 5.43 Å². The summed E-state index contributed by atoms with van der Waals surface area (Å²) in [4.78, 5) is 14.3. The van der Waals surface area contributed by atoms with Crippen LogP contribution in [-0.4, -0.2) is 4.98 Å². The van der Waals surface area contributed by atoms with Crippen molar-refractivity contribution in [1.29, 1.82) is 0 Å². The second kappa shape index (κ2) is 3.89. The maximum absolute atomic E-state index is 12.5. The van der Waals surface area contributed by atoms with E-state index in [0.29, 0.717) is 5.69 Å². The number of aromatic nitrogens is 1. The minimum atomic E-state index is -4.43. The molecule has 0 spiro atoms. The van der Waals surface area contributed by atoms with Gasteiger partial charge in [-0.1, -0.05) is 0 Å². The highest BCUT2D eigenvalue weighted by molar-refractivity contribution is 5.79. The van der Waals surface area contributed by atoms with Gasteiger partial charge >= 0.3 is 6.18 Å². The molecule has 3 N–H and O–H groups in total. The summed E-state index contributed by atoms with van der Waals surface area (Å²) in [6.45, 7) is 0.0709. The molecule has 3 nitrogen and oxygen atoms in total. The van der Waals surface area contributed by atoms with Gasteiger partial charge in [0.1, 0.15) is 0 Å². The van der Waals surface area contributed by atoms with Crippen molar-refractivity contribution in [2.45, 2.75) is 12.7 Å². The first kappa shape index (κ1) is 11.7. The number of hydrogen-bond donors (Lipinski definition) is 2. The van der Waals surface area contributed by atoms with Crippen LogP contribution in [0.1, 0.15) is 11.3 Å². The van der Waals surface area contributed by atoms with Crippen molar-refractivity contribution in [3.8, 4) is 0 Å². The van der Waals surface area contributed by atoms with Gasteiger partial charge in [0.2, 0.25) is 0 Å². The van der Waals surface area contributed by atoms with Crippen LogP contribution >= 0.6 is 0 Å². The minimum absolute atomic E-state index is 0.0709. The van der Waals surface area contributed by atoms with Gasteiger partial charge in [-0.2, -0.15) is 13.2 Å². The maximum Gasteiger partial charge on any atom is 0.416 e. The maximum atomic E-state index is 12.5. The number of benzene rings is 1. The third-order valence-electron chi connectivity index (χ3n) is 2.43. The molecule has 0 saturated heterocycles. The summed E-state index contributed by atoms with van der Waals surface area (Å²) in [5.74, 6) is 0. The van der Waals surface area contributed by atoms with E-state index in [-0.39, 0.29) is 22.9 Å². The molecule has 1 heterocycles. The molecule has 2 rings (SSSR count). The molecule has 0 atom stereocenters. The average molecular weight is 242 g/mol. The van der Waals surface area contributed by atoms with Crippen LogP contribution < -0.4 is 11.2 Å². The third kappa shape index (κ3) is 2.16. The van der Waals surface area contributed by atoms with E-state index in [9.17, 15) is 18.0 Å². The molecule has 0 saturated carbocycles. The van der Waals surface area contributed by atoms with E-state index in [1.165, 1.54) is 6.07 Å². The van der Waals surface area contributed by atoms with Crippen molar-refractivity contribution in [3.05, 3.63) is 45.7 Å². The fraction of sp³-hybridized carbons (Fsp3) is 0.182. The predicted octanol–water partition coefficient (Wildman–Crippen LogP) is 2.01. The highest BCUT2D eigenvalue weighted by atomic mass is 19.4. The Morgan fingerprint density at radius 3 is 2.53 bits per heavy atom. The summed E-state index contributed by atoms with van der Waals surface area (Å²) >= 11 is 0. The fourth-order valence-electron chi connectivity index (χ4n) is 1.59. The number of nitrogens with one attached hydrogen (secondary N) is 1. The largest absolute Gasteiger partial charge is 0.416 e. The topological polar surface area (TPSA) is 58.9 Å². The third-order valence-corrected chi connectivity index (χ3v) is 2.43. The number of rotatable bonds is 1. The molecule has 2 aromatic rings. The lowest BCUT2D eigenvalue weighted by Crippen LogP contribution is -2.10. The van der Waals surface area contributed by atoms with Crippen LogP contribution in [0.4, 0.5) is 13.2 Å². The van der Waals surface area contributed by atoms with Crippen LogP contribution in [0.25, 0.3) is 10.9 Å². The van der Waals surface area contributed by atoms with Gasteiger partial charge < -0.3 is 10.7 Å². The number of hydrogen-bond acceptors (Lipinski definition) is 2. The van der Waals surface area contributed by atoms with Crippen LogP contribution in [0, 0.1) is 0 Å². The van der Waals surface area contributed by atoms with Crippen molar-refractivity contribution >= 4 is 10.9 Å². The van der Waals surface area contributed by atoms with E-state index in [1.807, 2.05) is 0 Å². The summed E-state index contributed by atoms with van der Waals surface area (Å²) in [6.07, 6.45) is -4.43. The Balaban J connectivity index is 2.72. The summed E-state index contributed by atoms with van der Waals surface area (Å²) < 4.78 is 37.4. The number of nitrogens with two attached hydrogens (primary N) is 1. The molecule has 0 aliphatic rings. The minimum Gasteiger partial charge on any atom is -0.357 e. The van der Waals surface area contributed by atoms with Gasteiger partial charge in [0.25, 0.3) is 0 Å². The van der Waals surface area contributed by atoms with Crippen LogP contribution in [0.2, 0.25) is 0 Å². The van der Waals surface area contributed by atoms with Crippen LogP contribution in [-0.2, 0) is 12.7 Å². The zero-order chi connectivity index (χ0) is 12.6. The van der Waals surface area contributed by atoms with Gasteiger partial charge in [-0.25, -0.2) is 0 Å². The molecule has 0 aliphatic carbocycles. The molecule has 1 aromatic carbocycles. The summed E-state index contributed by atoms with van der Waals surface area (Å²) in [6, 6.07) is 4.25. The fourth-order valence-corrected chi connectivity index (χ4v) is 1.59. The summed E-state index contributed by atoms with van der Waals surface area (Å²) in [5, 5.41) is 0.218. The van der Waals surface area contributed by atoms with Gasteiger partial charge in [-0.05, 0) is 18.2 Å². The summed E-state index contributed by atoms with van der Waals surface area (Å²) in [7, 11) is 0. The van der Waals surface area contributed by atoms with Gasteiger partial charge in [0.05, 0.1) is 11.1 Å². The average Bonchev–Trinajstić information content (AvgIpc) is 2.27. The highest BCUT2D eigenvalue weighted by Crippen LogP contribution is 2.30. The van der Waals surface area contributed by atoms with E-state index in [2.05, 4.69) is 4.98 Å². The lowest BCUT2D eigenvalue weighted by molar-refractivity contribution is -0.137. The monoisotopic (exact) mass is 242 g/mol. The Morgan fingerprint density at radius 1 is 1.24 bits per heavy atom. The quantitative estimate of drug-likeness (QED) is 0.803. The normalized spacial score (nSPS) is 12.0. The van der Waals surface area contributed by atoms with E-state index < -0.39 is 11.7 Å². The number of pyridine rings is 1. The lowest BCUT2D eigenvalue weighted by Gasteiger charge is -2.08. The van der Waals surface area contributed by atoms with Crippen molar-refractivity contribution < 1.29 is 13.2 Å². The Hall–Kier alpha value is -1.82. The van der Waals surface area contributed by atoms with Gasteiger partial charge in [0, 0.05) is 23.7 Å². The second-order valence-corrected chi connectivity index (χ2v) is 3.62. The number of H-pyrrole nitrogens is 1. The second-order valence-electron chi connectivity index (χ2n) is 3.62. The molecule has 0 amide bonds. The van der Waals surface area contributed by atoms with Crippen molar-refractivity contribution in [1.82, 2.24) is 4.98 Å². The Morgan fingerprint density at radius 2 is 1.94 bits per heavy atom. The number of halogens is 3. The van der Waals surface area contributed by atoms with Crippen molar-refractivity contribution in [2.75, 3.05) is 0 Å². The van der Waals surface area contributed by atoms with E-state index in [1.54, 1.807) is 0 Å². The first-order chi connectivity index (χ1) is 7.91. The zero-order valence-electron chi connectivity index (χ0n) is 8.64. The molecule has 0 unspecified atom stereocenters. The highest BCUT2D eigenvalue weighted by Gasteiger charge is 2.30. The van der Waals surface area contributed by atoms with Crippen molar-refractivity contribution in [2.24, 2.45) is 5.73 Å². The smallest absolute Gasteiger partial charge is 0.357 e. The zero-order valence-corrected chi connectivity index (χ0v) is 8.64. The lowest BCUT2D eigenvalue weighted by atomic mass is 10.1. The molecule has 0 radical (unpaired) electrons. The van der Waals surface area contributed by atoms with E-state index in [4.69, 9.17) is 5.73 Å². The van der Waals surface area contributed by atoms with Crippen LogP contribution in [0.15, 0.2) is 29.1 Å². The molecule has 6 heteroatoms. The van der Waals surface area contributed by atoms with Gasteiger partial charge in [-0.15, -0.1) is 0 Å². The number of fused-ring (bicyclic) bond motifs is 1. The Labute approximate surface area is 94.1 Å². The molecule has 0 fully saturated rings. The predicted molar refractivity (Wildman–Crippen MR) is 57.5 cm³/mol. The van der Waals surface area contributed by atoms with E-state index in [0.717, 1.165) is 18.2 Å². The van der Waals surface area contributed by atoms with Crippen molar-refractivity contribution in [3.63, 3.8) is 0 Å².